The molecule has 4 aromatic heterocycles. The zero-order valence-corrected chi connectivity index (χ0v) is 53.9. The first kappa shape index (κ1) is 52.9. The molecule has 22 rings (SSSR count). The van der Waals surface area contributed by atoms with Crippen molar-refractivity contribution >= 4 is 203 Å². The van der Waals surface area contributed by atoms with Crippen LogP contribution < -0.4 is 0 Å². The maximum absolute atomic E-state index is 7.09. The van der Waals surface area contributed by atoms with Crippen molar-refractivity contribution in [3.63, 3.8) is 0 Å². The number of thiophene rings is 3. The Balaban J connectivity index is 0.686. The van der Waals surface area contributed by atoms with E-state index in [0.717, 1.165) is 33.1 Å². The van der Waals surface area contributed by atoms with Gasteiger partial charge in [0.1, 0.15) is 11.2 Å². The van der Waals surface area contributed by atoms with Gasteiger partial charge in [0.25, 0.3) is 0 Å². The van der Waals surface area contributed by atoms with Crippen LogP contribution in [0.1, 0.15) is 0 Å². The lowest BCUT2D eigenvalue weighted by molar-refractivity contribution is 0.670. The van der Waals surface area contributed by atoms with Crippen LogP contribution >= 0.6 is 34.0 Å². The minimum atomic E-state index is 0.876. The monoisotopic (exact) mass is 1270 g/mol. The number of fused-ring (bicyclic) bond motifs is 26. The van der Waals surface area contributed by atoms with Gasteiger partial charge in [-0.15, -0.1) is 34.0 Å². The molecule has 0 saturated heterocycles. The van der Waals surface area contributed by atoms with E-state index in [4.69, 9.17) is 4.42 Å². The van der Waals surface area contributed by atoms with Crippen molar-refractivity contribution in [1.82, 2.24) is 0 Å². The van der Waals surface area contributed by atoms with Crippen molar-refractivity contribution in [1.29, 1.82) is 0 Å². The van der Waals surface area contributed by atoms with E-state index >= 15 is 0 Å². The topological polar surface area (TPSA) is 13.1 Å². The highest BCUT2D eigenvalue weighted by Crippen LogP contribution is 2.53. The van der Waals surface area contributed by atoms with Gasteiger partial charge in [-0.05, 0) is 186 Å². The third-order valence-corrected chi connectivity index (χ3v) is 24.5. The second-order valence-corrected chi connectivity index (χ2v) is 29.1. The van der Waals surface area contributed by atoms with Crippen LogP contribution in [0.15, 0.2) is 308 Å². The van der Waals surface area contributed by atoms with Crippen LogP contribution in [-0.4, -0.2) is 0 Å². The average molecular weight is 1270 g/mol. The Morgan fingerprint density at radius 3 is 1.02 bits per heavy atom. The molecule has 0 aliphatic rings. The van der Waals surface area contributed by atoms with Gasteiger partial charge in [0, 0.05) is 87.6 Å². The molecule has 4 heteroatoms. The minimum Gasteiger partial charge on any atom is -0.455 e. The molecule has 96 heavy (non-hydrogen) atoms. The molecule has 4 heterocycles. The maximum atomic E-state index is 7.09. The summed E-state index contributed by atoms with van der Waals surface area (Å²) in [6.45, 7) is 0. The van der Waals surface area contributed by atoms with Crippen molar-refractivity contribution in [2.75, 3.05) is 0 Å². The Labute approximate surface area is 561 Å². The normalized spacial score (nSPS) is 12.4. The fourth-order valence-electron chi connectivity index (χ4n) is 16.9. The summed E-state index contributed by atoms with van der Waals surface area (Å²) in [5, 5.41) is 30.3. The third-order valence-electron chi connectivity index (χ3n) is 21.0. The van der Waals surface area contributed by atoms with Gasteiger partial charge in [0.05, 0.1) is 0 Å². The van der Waals surface area contributed by atoms with Crippen LogP contribution in [0.25, 0.3) is 224 Å². The smallest absolute Gasteiger partial charge is 0.143 e. The molecule has 0 aliphatic carbocycles. The van der Waals surface area contributed by atoms with E-state index in [-0.39, 0.29) is 0 Å². The lowest BCUT2D eigenvalue weighted by Crippen LogP contribution is -1.90. The summed E-state index contributed by atoms with van der Waals surface area (Å²) < 4.78 is 15.0. The number of para-hydroxylation sites is 1. The van der Waals surface area contributed by atoms with Gasteiger partial charge in [-0.3, -0.25) is 0 Å². The molecule has 1 nitrogen and oxygen atoms in total. The highest BCUT2D eigenvalue weighted by molar-refractivity contribution is 7.27. The molecule has 0 saturated carbocycles. The fourth-order valence-corrected chi connectivity index (χ4v) is 20.5. The number of hydrogen-bond donors (Lipinski definition) is 0. The summed E-state index contributed by atoms with van der Waals surface area (Å²) in [6.07, 6.45) is 0. The molecule has 0 N–H and O–H groups in total. The van der Waals surface area contributed by atoms with Crippen LogP contribution in [0.3, 0.4) is 0 Å². The summed E-state index contributed by atoms with van der Waals surface area (Å²) in [4.78, 5) is 0. The molecule has 0 fully saturated rings. The zero-order valence-electron chi connectivity index (χ0n) is 51.5. The molecule has 0 radical (unpaired) electrons. The lowest BCUT2D eigenvalue weighted by Gasteiger charge is -2.18. The van der Waals surface area contributed by atoms with E-state index < -0.39 is 0 Å². The quantitative estimate of drug-likeness (QED) is 0.124. The predicted octanol–water partition coefficient (Wildman–Crippen LogP) is 28.3. The SMILES string of the molecule is c1ccc2c(c1)sc1ccc(-c3c4ccccc4c(-c4ccc5sc6c7cc(-c8cccc9c8oc8ccc(-c%10c%11ccccc%11c(-c%11ccc%12sc%13c%14ccccc%14c%14ccccc%14c%13c%12c%11)c%11ccccc%10%11)cc89)ccc7c7ccccc7c6c5c4)c4ccccc34)cc12. The van der Waals surface area contributed by atoms with Crippen LogP contribution in [0.2, 0.25) is 0 Å². The second kappa shape index (κ2) is 20.0. The first-order valence-electron chi connectivity index (χ1n) is 32.9. The van der Waals surface area contributed by atoms with Gasteiger partial charge in [0.15, 0.2) is 0 Å². The molecule has 0 spiro atoms. The zero-order chi connectivity index (χ0) is 62.4. The Morgan fingerprint density at radius 1 is 0.188 bits per heavy atom. The minimum absolute atomic E-state index is 0.876. The Morgan fingerprint density at radius 2 is 0.521 bits per heavy atom. The van der Waals surface area contributed by atoms with Gasteiger partial charge >= 0.3 is 0 Å². The van der Waals surface area contributed by atoms with E-state index in [1.54, 1.807) is 0 Å². The summed E-state index contributed by atoms with van der Waals surface area (Å²) in [5.74, 6) is 0. The van der Waals surface area contributed by atoms with E-state index in [1.807, 2.05) is 34.0 Å². The first-order chi connectivity index (χ1) is 47.6. The highest BCUT2D eigenvalue weighted by Gasteiger charge is 2.24. The molecule has 18 aromatic carbocycles. The molecule has 0 amide bonds. The number of rotatable bonds is 5. The molecular weight excluding hydrogens is 1220 g/mol. The standard InChI is InChI=1S/C92H50OS3/c1-4-22-62-57(18-1)59-20-3-14-32-73(59)91-88(62)77-49-54(39-44-82(77)95-91)86-68-28-10-6-24-64(68)84(65-25-7-11-29-69(65)86)52-37-42-79-74(47-52)72-34-17-33-56(90(72)93-79)51-36-41-60-58-19-2-5-23-63(58)89-78-50-55(40-45-83(78)96-92(89)76(60)46-51)87-70-30-12-8-26-66(70)85(67-27-9-13-31-71(67)87)53-38-43-81-75(48-53)61-21-15-16-35-80(61)94-81/h1-50H. The van der Waals surface area contributed by atoms with E-state index in [2.05, 4.69) is 303 Å². The number of benzene rings is 18. The van der Waals surface area contributed by atoms with Crippen LogP contribution in [0.5, 0.6) is 0 Å². The fraction of sp³-hybridized carbons (Fsp3) is 0. The molecule has 0 aliphatic heterocycles. The predicted molar refractivity (Wildman–Crippen MR) is 420 cm³/mol. The number of furan rings is 1. The number of hydrogen-bond acceptors (Lipinski definition) is 4. The van der Waals surface area contributed by atoms with Crippen molar-refractivity contribution in [2.45, 2.75) is 0 Å². The molecule has 0 unspecified atom stereocenters. The van der Waals surface area contributed by atoms with E-state index in [9.17, 15) is 0 Å². The van der Waals surface area contributed by atoms with Crippen molar-refractivity contribution in [2.24, 2.45) is 0 Å². The molecule has 22 aromatic rings. The molecule has 442 valence electrons. The van der Waals surface area contributed by atoms with Gasteiger partial charge in [-0.25, -0.2) is 0 Å². The van der Waals surface area contributed by atoms with Crippen LogP contribution in [0, 0.1) is 0 Å². The molecule has 0 bridgehead atoms. The van der Waals surface area contributed by atoms with Gasteiger partial charge in [-0.1, -0.05) is 243 Å². The van der Waals surface area contributed by atoms with Crippen molar-refractivity contribution in [3.8, 4) is 55.6 Å². The van der Waals surface area contributed by atoms with Crippen molar-refractivity contribution in [3.05, 3.63) is 303 Å². The summed E-state index contributed by atoms with van der Waals surface area (Å²) in [5.41, 5.74) is 13.9. The lowest BCUT2D eigenvalue weighted by atomic mass is 9.85. The van der Waals surface area contributed by atoms with E-state index in [1.165, 1.54) is 191 Å². The first-order valence-corrected chi connectivity index (χ1v) is 35.4. The Kier molecular flexibility index (Phi) is 11.0. The third kappa shape index (κ3) is 7.43. The Hall–Kier alpha value is -11.5. The summed E-state index contributed by atoms with van der Waals surface area (Å²) in [6, 6.07) is 114. The summed E-state index contributed by atoms with van der Waals surface area (Å²) in [7, 11) is 0. The maximum Gasteiger partial charge on any atom is 0.143 e. The van der Waals surface area contributed by atoms with Crippen molar-refractivity contribution < 1.29 is 4.42 Å². The van der Waals surface area contributed by atoms with Gasteiger partial charge in [0.2, 0.25) is 0 Å². The second-order valence-electron chi connectivity index (χ2n) is 25.9. The van der Waals surface area contributed by atoms with E-state index in [0.29, 0.717) is 0 Å². The molecule has 0 atom stereocenters. The highest BCUT2D eigenvalue weighted by atomic mass is 32.1. The van der Waals surface area contributed by atoms with Crippen LogP contribution in [0.4, 0.5) is 0 Å². The largest absolute Gasteiger partial charge is 0.455 e. The Bertz CT molecular complexity index is 7100. The van der Waals surface area contributed by atoms with Gasteiger partial charge in [-0.2, -0.15) is 0 Å². The van der Waals surface area contributed by atoms with Crippen LogP contribution in [-0.2, 0) is 0 Å². The molecular formula is C92H50OS3. The average Bonchev–Trinajstić information content (AvgIpc) is 1.23. The van der Waals surface area contributed by atoms with Gasteiger partial charge < -0.3 is 4.42 Å². The summed E-state index contributed by atoms with van der Waals surface area (Å²) >= 11 is 5.70.